The SMILES string of the molecule is O=C(/C=C/c1ccc(OCc2ccccc2)cc1)NCCc1[nH]cnc1-c1cccs1. The first-order valence-electron chi connectivity index (χ1n) is 10.1. The van der Waals surface area contributed by atoms with E-state index in [1.54, 1.807) is 29.8 Å². The lowest BCUT2D eigenvalue weighted by Crippen LogP contribution is -2.23. The van der Waals surface area contributed by atoms with Crippen molar-refractivity contribution in [2.24, 2.45) is 0 Å². The van der Waals surface area contributed by atoms with Crippen LogP contribution in [0.2, 0.25) is 0 Å². The van der Waals surface area contributed by atoms with Gasteiger partial charge >= 0.3 is 0 Å². The molecule has 31 heavy (non-hydrogen) atoms. The highest BCUT2D eigenvalue weighted by molar-refractivity contribution is 7.13. The van der Waals surface area contributed by atoms with Gasteiger partial charge in [0.15, 0.2) is 0 Å². The third kappa shape index (κ3) is 5.93. The Labute approximate surface area is 185 Å². The molecule has 0 unspecified atom stereocenters. The average molecular weight is 430 g/mol. The van der Waals surface area contributed by atoms with Crippen LogP contribution in [-0.4, -0.2) is 22.4 Å². The lowest BCUT2D eigenvalue weighted by atomic mass is 10.2. The van der Waals surface area contributed by atoms with Crippen molar-refractivity contribution in [3.05, 3.63) is 101 Å². The number of ether oxygens (including phenoxy) is 1. The molecular formula is C25H23N3O2S. The molecule has 2 aromatic carbocycles. The van der Waals surface area contributed by atoms with Gasteiger partial charge in [-0.1, -0.05) is 48.5 Å². The van der Waals surface area contributed by atoms with Crippen molar-refractivity contribution >= 4 is 23.3 Å². The summed E-state index contributed by atoms with van der Waals surface area (Å²) in [5, 5.41) is 4.95. The summed E-state index contributed by atoms with van der Waals surface area (Å²) in [6, 6.07) is 21.8. The smallest absolute Gasteiger partial charge is 0.244 e. The van der Waals surface area contributed by atoms with Gasteiger partial charge in [-0.2, -0.15) is 0 Å². The van der Waals surface area contributed by atoms with Crippen molar-refractivity contribution in [3.63, 3.8) is 0 Å². The molecule has 1 amide bonds. The molecule has 0 spiro atoms. The van der Waals surface area contributed by atoms with Crippen LogP contribution in [0.4, 0.5) is 0 Å². The number of hydrogen-bond donors (Lipinski definition) is 2. The third-order valence-electron chi connectivity index (χ3n) is 4.70. The fraction of sp³-hybridized carbons (Fsp3) is 0.120. The summed E-state index contributed by atoms with van der Waals surface area (Å²) in [6.45, 7) is 1.07. The van der Waals surface area contributed by atoms with Crippen LogP contribution in [0.3, 0.4) is 0 Å². The van der Waals surface area contributed by atoms with Crippen LogP contribution in [0.25, 0.3) is 16.6 Å². The van der Waals surface area contributed by atoms with E-state index in [4.69, 9.17) is 4.74 Å². The van der Waals surface area contributed by atoms with E-state index >= 15 is 0 Å². The molecule has 0 aliphatic rings. The van der Waals surface area contributed by atoms with E-state index in [1.807, 2.05) is 72.1 Å². The maximum absolute atomic E-state index is 12.1. The van der Waals surface area contributed by atoms with Crippen molar-refractivity contribution in [1.82, 2.24) is 15.3 Å². The molecule has 0 saturated carbocycles. The Morgan fingerprint density at radius 1 is 1.06 bits per heavy atom. The molecule has 2 aromatic heterocycles. The summed E-state index contributed by atoms with van der Waals surface area (Å²) >= 11 is 1.65. The average Bonchev–Trinajstić information content (AvgIpc) is 3.50. The van der Waals surface area contributed by atoms with Crippen LogP contribution >= 0.6 is 11.3 Å². The first-order valence-corrected chi connectivity index (χ1v) is 10.9. The lowest BCUT2D eigenvalue weighted by Gasteiger charge is -2.06. The number of nitrogens with zero attached hydrogens (tertiary/aromatic N) is 1. The van der Waals surface area contributed by atoms with E-state index in [1.165, 1.54) is 0 Å². The third-order valence-corrected chi connectivity index (χ3v) is 5.58. The van der Waals surface area contributed by atoms with E-state index in [0.717, 1.165) is 33.1 Å². The molecule has 4 aromatic rings. The van der Waals surface area contributed by atoms with Crippen LogP contribution < -0.4 is 10.1 Å². The van der Waals surface area contributed by atoms with Gasteiger partial charge in [-0.05, 0) is 40.8 Å². The van der Waals surface area contributed by atoms with Gasteiger partial charge in [-0.25, -0.2) is 4.98 Å². The quantitative estimate of drug-likeness (QED) is 0.364. The van der Waals surface area contributed by atoms with Crippen molar-refractivity contribution in [1.29, 1.82) is 0 Å². The first kappa shape index (κ1) is 20.6. The minimum atomic E-state index is -0.124. The molecule has 0 bridgehead atoms. The molecule has 0 aliphatic heterocycles. The Balaban J connectivity index is 1.23. The summed E-state index contributed by atoms with van der Waals surface area (Å²) in [5.41, 5.74) is 4.05. The van der Waals surface area contributed by atoms with Crippen LogP contribution in [-0.2, 0) is 17.8 Å². The lowest BCUT2D eigenvalue weighted by molar-refractivity contribution is -0.116. The van der Waals surface area contributed by atoms with Gasteiger partial charge in [0.25, 0.3) is 0 Å². The summed E-state index contributed by atoms with van der Waals surface area (Å²) in [5.74, 6) is 0.674. The molecule has 5 nitrogen and oxygen atoms in total. The Kier molecular flexibility index (Phi) is 6.92. The topological polar surface area (TPSA) is 67.0 Å². The predicted molar refractivity (Wildman–Crippen MR) is 125 cm³/mol. The van der Waals surface area contributed by atoms with Crippen molar-refractivity contribution in [2.45, 2.75) is 13.0 Å². The Hall–Kier alpha value is -3.64. The standard InChI is InChI=1S/C25H23N3O2S/c29-24(26-15-14-22-25(28-18-27-22)23-7-4-16-31-23)13-10-19-8-11-21(12-9-19)30-17-20-5-2-1-3-6-20/h1-13,16,18H,14-15,17H2,(H,26,29)(H,27,28)/b13-10+. The summed E-state index contributed by atoms with van der Waals surface area (Å²) < 4.78 is 5.79. The zero-order valence-electron chi connectivity index (χ0n) is 17.0. The van der Waals surface area contributed by atoms with E-state index < -0.39 is 0 Å². The normalized spacial score (nSPS) is 11.0. The fourth-order valence-corrected chi connectivity index (χ4v) is 3.84. The van der Waals surface area contributed by atoms with Gasteiger partial charge < -0.3 is 15.0 Å². The number of H-pyrrole nitrogens is 1. The van der Waals surface area contributed by atoms with Gasteiger partial charge in [0.1, 0.15) is 18.1 Å². The molecule has 0 fully saturated rings. The Morgan fingerprint density at radius 3 is 2.68 bits per heavy atom. The number of rotatable bonds is 9. The Morgan fingerprint density at radius 2 is 1.90 bits per heavy atom. The fourth-order valence-electron chi connectivity index (χ4n) is 3.09. The molecular weight excluding hydrogens is 406 g/mol. The van der Waals surface area contributed by atoms with Gasteiger partial charge in [0.2, 0.25) is 5.91 Å². The molecule has 0 saturated heterocycles. The molecule has 2 N–H and O–H groups in total. The number of hydrogen-bond acceptors (Lipinski definition) is 4. The van der Waals surface area contributed by atoms with E-state index in [2.05, 4.69) is 15.3 Å². The van der Waals surface area contributed by atoms with E-state index in [9.17, 15) is 4.79 Å². The summed E-state index contributed by atoms with van der Waals surface area (Å²) in [7, 11) is 0. The zero-order valence-corrected chi connectivity index (χ0v) is 17.8. The largest absolute Gasteiger partial charge is 0.489 e. The highest BCUT2D eigenvalue weighted by atomic mass is 32.1. The molecule has 2 heterocycles. The van der Waals surface area contributed by atoms with Gasteiger partial charge in [0.05, 0.1) is 11.2 Å². The highest BCUT2D eigenvalue weighted by Crippen LogP contribution is 2.25. The maximum atomic E-state index is 12.1. The van der Waals surface area contributed by atoms with Crippen LogP contribution in [0.5, 0.6) is 5.75 Å². The van der Waals surface area contributed by atoms with E-state index in [0.29, 0.717) is 19.6 Å². The number of thiophene rings is 1. The number of benzene rings is 2. The molecule has 4 rings (SSSR count). The zero-order chi connectivity index (χ0) is 21.3. The van der Waals surface area contributed by atoms with Gasteiger partial charge in [0, 0.05) is 24.7 Å². The number of nitrogens with one attached hydrogen (secondary N) is 2. The maximum Gasteiger partial charge on any atom is 0.244 e. The number of aromatic amines is 1. The number of amides is 1. The number of imidazole rings is 1. The summed E-state index contributed by atoms with van der Waals surface area (Å²) in [4.78, 5) is 20.8. The van der Waals surface area contributed by atoms with Gasteiger partial charge in [-0.3, -0.25) is 4.79 Å². The van der Waals surface area contributed by atoms with Crippen molar-refractivity contribution in [3.8, 4) is 16.3 Å². The summed E-state index contributed by atoms with van der Waals surface area (Å²) in [6.07, 6.45) is 5.73. The number of carbonyl (C=O) groups excluding carboxylic acids is 1. The van der Waals surface area contributed by atoms with E-state index in [-0.39, 0.29) is 5.91 Å². The van der Waals surface area contributed by atoms with Crippen LogP contribution in [0, 0.1) is 0 Å². The minimum absolute atomic E-state index is 0.124. The second kappa shape index (κ2) is 10.4. The van der Waals surface area contributed by atoms with Crippen molar-refractivity contribution < 1.29 is 9.53 Å². The van der Waals surface area contributed by atoms with Gasteiger partial charge in [-0.15, -0.1) is 11.3 Å². The highest BCUT2D eigenvalue weighted by Gasteiger charge is 2.09. The van der Waals surface area contributed by atoms with Crippen LogP contribution in [0.1, 0.15) is 16.8 Å². The molecule has 6 heteroatoms. The minimum Gasteiger partial charge on any atom is -0.489 e. The number of aromatic nitrogens is 2. The molecule has 0 atom stereocenters. The molecule has 0 aliphatic carbocycles. The molecule has 156 valence electrons. The second-order valence-corrected chi connectivity index (χ2v) is 7.87. The molecule has 0 radical (unpaired) electrons. The number of carbonyl (C=O) groups is 1. The Bertz CT molecular complexity index is 1120. The monoisotopic (exact) mass is 429 g/mol. The van der Waals surface area contributed by atoms with Crippen molar-refractivity contribution in [2.75, 3.05) is 6.54 Å². The van der Waals surface area contributed by atoms with Crippen LogP contribution in [0.15, 0.2) is 84.5 Å². The predicted octanol–water partition coefficient (Wildman–Crippen LogP) is 5.09. The second-order valence-electron chi connectivity index (χ2n) is 6.92. The first-order chi connectivity index (χ1) is 15.3.